The smallest absolute Gasteiger partial charge is 0.173 e. The Morgan fingerprint density at radius 3 is 2.00 bits per heavy atom. The second-order valence-corrected chi connectivity index (χ2v) is 8.27. The first kappa shape index (κ1) is 22.2. The maximum atomic E-state index is 6.43. The van der Waals surface area contributed by atoms with Gasteiger partial charge in [0.05, 0.1) is 52.0 Å². The highest BCUT2D eigenvalue weighted by Gasteiger charge is 2.14. The van der Waals surface area contributed by atoms with Crippen molar-refractivity contribution in [2.24, 2.45) is 0 Å². The quantitative estimate of drug-likeness (QED) is 0.552. The molecule has 0 radical (unpaired) electrons. The highest BCUT2D eigenvalue weighted by Crippen LogP contribution is 2.27. The van der Waals surface area contributed by atoms with Crippen molar-refractivity contribution in [1.82, 2.24) is 4.90 Å². The summed E-state index contributed by atoms with van der Waals surface area (Å²) in [6.07, 6.45) is 2.25. The maximum Gasteiger partial charge on any atom is 0.173 e. The molecule has 1 aromatic rings. The number of halogens is 1. The van der Waals surface area contributed by atoms with Crippen LogP contribution in [0.25, 0.3) is 0 Å². The van der Waals surface area contributed by atoms with Gasteiger partial charge in [-0.05, 0) is 43.3 Å². The molecule has 0 saturated heterocycles. The molecule has 0 amide bonds. The minimum absolute atomic E-state index is 0.732. The number of aryl methyl sites for hydroxylation is 2. The van der Waals surface area contributed by atoms with Crippen molar-refractivity contribution < 1.29 is 9.80 Å². The van der Waals surface area contributed by atoms with Crippen LogP contribution in [-0.2, 0) is 0 Å². The van der Waals surface area contributed by atoms with Gasteiger partial charge in [-0.3, -0.25) is 0 Å². The summed E-state index contributed by atoms with van der Waals surface area (Å²) in [4.78, 5) is 5.22. The lowest BCUT2D eigenvalue weighted by Gasteiger charge is -2.27. The third-order valence-corrected chi connectivity index (χ3v) is 4.82. The molecule has 0 saturated carbocycles. The van der Waals surface area contributed by atoms with Gasteiger partial charge < -0.3 is 20.0 Å². The molecule has 0 aromatic heterocycles. The molecule has 0 aliphatic carbocycles. The molecule has 0 bridgehead atoms. The normalized spacial score (nSPS) is 11.2. The molecule has 0 fully saturated rings. The summed E-state index contributed by atoms with van der Waals surface area (Å²) in [5.41, 5.74) is 3.22. The lowest BCUT2D eigenvalue weighted by Crippen LogP contribution is -3.05. The fourth-order valence-electron chi connectivity index (χ4n) is 2.82. The molecule has 0 unspecified atom stereocenters. The van der Waals surface area contributed by atoms with E-state index in [9.17, 15) is 0 Å². The Bertz CT molecular complexity index is 523. The van der Waals surface area contributed by atoms with Crippen molar-refractivity contribution in [2.45, 2.75) is 26.7 Å². The van der Waals surface area contributed by atoms with Gasteiger partial charge in [-0.15, -0.1) is 0 Å². The number of thiocarbonyl (C=S) groups is 1. The number of hydrogen-bond donors (Lipinski definition) is 3. The molecule has 0 atom stereocenters. The van der Waals surface area contributed by atoms with Gasteiger partial charge in [0.25, 0.3) is 0 Å². The van der Waals surface area contributed by atoms with E-state index in [-0.39, 0.29) is 0 Å². The Balaban J connectivity index is 2.76. The summed E-state index contributed by atoms with van der Waals surface area (Å²) in [6.45, 7) is 8.36. The zero-order valence-electron chi connectivity index (χ0n) is 16.6. The minimum Gasteiger partial charge on any atom is -0.349 e. The van der Waals surface area contributed by atoms with Gasteiger partial charge >= 0.3 is 0 Å². The van der Waals surface area contributed by atoms with E-state index in [1.807, 2.05) is 6.07 Å². The van der Waals surface area contributed by atoms with Gasteiger partial charge in [-0.2, -0.15) is 0 Å². The summed E-state index contributed by atoms with van der Waals surface area (Å²) in [6, 6.07) is 4.11. The summed E-state index contributed by atoms with van der Waals surface area (Å²) >= 11 is 12.1. The number of benzene rings is 1. The average Bonchev–Trinajstić information content (AvgIpc) is 2.48. The van der Waals surface area contributed by atoms with E-state index in [2.05, 4.69) is 58.3 Å². The molecule has 0 aliphatic heterocycles. The molecular formula is C19H35ClN4S+2. The minimum atomic E-state index is 0.732. The molecule has 0 aliphatic rings. The summed E-state index contributed by atoms with van der Waals surface area (Å²) in [7, 11) is 8.75. The van der Waals surface area contributed by atoms with E-state index in [1.165, 1.54) is 15.4 Å². The molecule has 4 nitrogen and oxygen atoms in total. The van der Waals surface area contributed by atoms with Crippen molar-refractivity contribution in [3.8, 4) is 0 Å². The first-order valence-electron chi connectivity index (χ1n) is 9.11. The Hall–Kier alpha value is -0.880. The van der Waals surface area contributed by atoms with Crippen LogP contribution in [0.4, 0.5) is 5.69 Å². The van der Waals surface area contributed by atoms with Gasteiger partial charge in [0.15, 0.2) is 5.11 Å². The molecule has 1 aromatic carbocycles. The lowest BCUT2D eigenvalue weighted by molar-refractivity contribution is -0.858. The fraction of sp³-hybridized carbons (Fsp3) is 0.632. The molecule has 3 N–H and O–H groups in total. The van der Waals surface area contributed by atoms with Crippen molar-refractivity contribution in [3.63, 3.8) is 0 Å². The zero-order valence-corrected chi connectivity index (χ0v) is 18.2. The fourth-order valence-corrected chi connectivity index (χ4v) is 3.47. The van der Waals surface area contributed by atoms with Crippen molar-refractivity contribution >= 4 is 34.6 Å². The molecule has 1 rings (SSSR count). The predicted molar refractivity (Wildman–Crippen MR) is 113 cm³/mol. The number of hydrogen-bond acceptors (Lipinski definition) is 1. The van der Waals surface area contributed by atoms with E-state index >= 15 is 0 Å². The van der Waals surface area contributed by atoms with Crippen LogP contribution in [-0.4, -0.2) is 64.4 Å². The maximum absolute atomic E-state index is 6.43. The standard InChI is InChI=1S/C19H33ClN4S/c1-15-13-16(2)18(17(20)14-15)21-19(25)24(11-7-9-22(3)4)12-8-10-23(5)6/h13-14H,7-12H2,1-6H3,(H,21,25)/p+2. The van der Waals surface area contributed by atoms with Crippen LogP contribution in [0, 0.1) is 13.8 Å². The second kappa shape index (κ2) is 11.0. The van der Waals surface area contributed by atoms with Crippen molar-refractivity contribution in [2.75, 3.05) is 59.7 Å². The third-order valence-electron chi connectivity index (χ3n) is 4.16. The Morgan fingerprint density at radius 2 is 1.56 bits per heavy atom. The largest absolute Gasteiger partial charge is 0.349 e. The van der Waals surface area contributed by atoms with Gasteiger partial charge in [-0.1, -0.05) is 17.7 Å². The van der Waals surface area contributed by atoms with Crippen LogP contribution in [0.5, 0.6) is 0 Å². The van der Waals surface area contributed by atoms with E-state index < -0.39 is 0 Å². The van der Waals surface area contributed by atoms with Crippen molar-refractivity contribution in [1.29, 1.82) is 0 Å². The molecule has 6 heteroatoms. The SMILES string of the molecule is Cc1cc(C)c(NC(=S)N(CCC[NH+](C)C)CCC[NH+](C)C)c(Cl)c1. The second-order valence-electron chi connectivity index (χ2n) is 7.48. The van der Waals surface area contributed by atoms with Crippen LogP contribution in [0.1, 0.15) is 24.0 Å². The topological polar surface area (TPSA) is 24.2 Å². The molecule has 142 valence electrons. The molecule has 25 heavy (non-hydrogen) atoms. The monoisotopic (exact) mass is 386 g/mol. The van der Waals surface area contributed by atoms with Crippen LogP contribution >= 0.6 is 23.8 Å². The number of nitrogens with zero attached hydrogens (tertiary/aromatic N) is 1. The third kappa shape index (κ3) is 8.36. The van der Waals surface area contributed by atoms with E-state index in [4.69, 9.17) is 23.8 Å². The molecule has 0 heterocycles. The van der Waals surface area contributed by atoms with Gasteiger partial charge in [0, 0.05) is 25.9 Å². The zero-order chi connectivity index (χ0) is 19.0. The van der Waals surface area contributed by atoms with E-state index in [0.717, 1.165) is 60.4 Å². The number of nitrogens with one attached hydrogen (secondary N) is 3. The molecular weight excluding hydrogens is 352 g/mol. The highest BCUT2D eigenvalue weighted by atomic mass is 35.5. The van der Waals surface area contributed by atoms with Crippen LogP contribution in [0.15, 0.2) is 12.1 Å². The summed E-state index contributed by atoms with van der Waals surface area (Å²) in [5, 5.41) is 4.90. The predicted octanol–water partition coefficient (Wildman–Crippen LogP) is 1.02. The number of anilines is 1. The number of quaternary nitrogens is 2. The first-order valence-corrected chi connectivity index (χ1v) is 9.90. The van der Waals surface area contributed by atoms with Crippen LogP contribution in [0.3, 0.4) is 0 Å². The molecule has 0 spiro atoms. The number of rotatable bonds is 9. The Morgan fingerprint density at radius 1 is 1.04 bits per heavy atom. The van der Waals surface area contributed by atoms with E-state index in [0.29, 0.717) is 0 Å². The van der Waals surface area contributed by atoms with Crippen LogP contribution in [0.2, 0.25) is 5.02 Å². The summed E-state index contributed by atoms with van der Waals surface area (Å²) < 4.78 is 0. The highest BCUT2D eigenvalue weighted by molar-refractivity contribution is 7.80. The Kier molecular flexibility index (Phi) is 9.72. The first-order chi connectivity index (χ1) is 11.7. The van der Waals surface area contributed by atoms with Gasteiger partial charge in [0.2, 0.25) is 0 Å². The van der Waals surface area contributed by atoms with Crippen LogP contribution < -0.4 is 15.1 Å². The van der Waals surface area contributed by atoms with Gasteiger partial charge in [-0.25, -0.2) is 0 Å². The Labute approximate surface area is 164 Å². The average molecular weight is 387 g/mol. The lowest BCUT2D eigenvalue weighted by atomic mass is 10.1. The van der Waals surface area contributed by atoms with Crippen molar-refractivity contribution in [3.05, 3.63) is 28.3 Å². The van der Waals surface area contributed by atoms with Gasteiger partial charge in [0.1, 0.15) is 0 Å². The summed E-state index contributed by atoms with van der Waals surface area (Å²) in [5.74, 6) is 0. The van der Waals surface area contributed by atoms with E-state index in [1.54, 1.807) is 0 Å².